The van der Waals surface area contributed by atoms with Crippen LogP contribution in [-0.2, 0) is 11.0 Å². The standard InChI is InChI=1S/C40H28N5OP/c46-47(44-35-21-9-3-15-29(35)30-16-4-10-22-36(30)44,45-37-23-11-5-17-31(37)32-18-6-12-24-38(32)45)39-25-26-41-40(42-39)43-33-19-7-1-13-27(33)28-14-2-8-20-34(28)43/h1-7,9-19,21-26H,8,20H2. The number of benzene rings is 5. The highest BCUT2D eigenvalue weighted by Crippen LogP contribution is 2.56. The Labute approximate surface area is 270 Å². The molecule has 0 spiro atoms. The molecule has 47 heavy (non-hydrogen) atoms. The van der Waals surface area contributed by atoms with E-state index in [1.165, 1.54) is 16.6 Å². The first kappa shape index (κ1) is 26.5. The first-order chi connectivity index (χ1) is 23.2. The number of fused-ring (bicyclic) bond motifs is 9. The second-order valence-electron chi connectivity index (χ2n) is 12.1. The Morgan fingerprint density at radius 2 is 1.02 bits per heavy atom. The summed E-state index contributed by atoms with van der Waals surface area (Å²) in [5.41, 5.74) is 7.48. The fraction of sp³-hybridized carbons (Fsp3) is 0.0500. The van der Waals surface area contributed by atoms with E-state index in [1.807, 2.05) is 54.6 Å². The second kappa shape index (κ2) is 9.89. The van der Waals surface area contributed by atoms with Gasteiger partial charge >= 0.3 is 7.44 Å². The Morgan fingerprint density at radius 1 is 0.553 bits per heavy atom. The van der Waals surface area contributed by atoms with Gasteiger partial charge in [-0.25, -0.2) is 9.97 Å². The van der Waals surface area contributed by atoms with Crippen LogP contribution in [0.2, 0.25) is 0 Å². The second-order valence-corrected chi connectivity index (χ2v) is 14.5. The summed E-state index contributed by atoms with van der Waals surface area (Å²) < 4.78 is 23.2. The Hall–Kier alpha value is -5.71. The monoisotopic (exact) mass is 625 g/mol. The van der Waals surface area contributed by atoms with Crippen molar-refractivity contribution < 1.29 is 4.57 Å². The lowest BCUT2D eigenvalue weighted by molar-refractivity contribution is 0.572. The maximum atomic E-state index is 16.9. The quantitative estimate of drug-likeness (QED) is 0.183. The predicted octanol–water partition coefficient (Wildman–Crippen LogP) is 9.51. The fourth-order valence-electron chi connectivity index (χ4n) is 7.69. The lowest BCUT2D eigenvalue weighted by Gasteiger charge is -2.25. The molecule has 0 N–H and O–H groups in total. The van der Waals surface area contributed by atoms with Gasteiger partial charge < -0.3 is 0 Å². The molecule has 5 aromatic carbocycles. The Bertz CT molecular complexity index is 2580. The van der Waals surface area contributed by atoms with Crippen LogP contribution < -0.4 is 5.44 Å². The number of nitrogens with zero attached hydrogens (tertiary/aromatic N) is 5. The third kappa shape index (κ3) is 3.59. The number of hydrogen-bond acceptors (Lipinski definition) is 3. The molecule has 0 radical (unpaired) electrons. The van der Waals surface area contributed by atoms with Crippen LogP contribution in [0.5, 0.6) is 0 Å². The van der Waals surface area contributed by atoms with Crippen molar-refractivity contribution in [1.29, 1.82) is 0 Å². The fourth-order valence-corrected chi connectivity index (χ4v) is 10.6. The van der Waals surface area contributed by atoms with Crippen LogP contribution in [0.25, 0.3) is 66.5 Å². The maximum absolute atomic E-state index is 16.9. The van der Waals surface area contributed by atoms with Gasteiger partial charge in [0.25, 0.3) is 0 Å². The molecule has 0 saturated heterocycles. The summed E-state index contributed by atoms with van der Waals surface area (Å²) >= 11 is 0. The topological polar surface area (TPSA) is 57.6 Å². The van der Waals surface area contributed by atoms with Crippen LogP contribution in [0.15, 0.2) is 140 Å². The van der Waals surface area contributed by atoms with Gasteiger partial charge in [-0.15, -0.1) is 0 Å². The van der Waals surface area contributed by atoms with Crippen LogP contribution in [0.1, 0.15) is 17.7 Å². The number of aromatic nitrogens is 5. The molecule has 0 fully saturated rings. The van der Waals surface area contributed by atoms with Gasteiger partial charge in [0.2, 0.25) is 5.95 Å². The van der Waals surface area contributed by atoms with Crippen molar-refractivity contribution in [2.45, 2.75) is 12.8 Å². The SMILES string of the molecule is O=P(c1ccnc(-n2c3c(c4ccccc42)C=CCC3)n1)(n1c2ccccc2c2ccccc21)n1c2ccccc2c2ccccc21. The van der Waals surface area contributed by atoms with E-state index < -0.39 is 7.44 Å². The molecule has 4 aromatic heterocycles. The molecule has 10 rings (SSSR count). The maximum Gasteiger partial charge on any atom is 0.319 e. The zero-order valence-corrected chi connectivity index (χ0v) is 26.3. The number of para-hydroxylation sites is 5. The van der Waals surface area contributed by atoms with Crippen molar-refractivity contribution >= 4 is 73.5 Å². The van der Waals surface area contributed by atoms with E-state index in [9.17, 15) is 0 Å². The minimum Gasteiger partial charge on any atom is -0.282 e. The Morgan fingerprint density at radius 3 is 1.55 bits per heavy atom. The minimum atomic E-state index is -3.83. The molecule has 0 unspecified atom stereocenters. The van der Waals surface area contributed by atoms with E-state index in [0.29, 0.717) is 11.4 Å². The number of allylic oxidation sites excluding steroid dienone is 1. The van der Waals surface area contributed by atoms with E-state index in [0.717, 1.165) is 62.0 Å². The smallest absolute Gasteiger partial charge is 0.282 e. The van der Waals surface area contributed by atoms with Crippen LogP contribution >= 0.6 is 7.44 Å². The zero-order chi connectivity index (χ0) is 31.1. The van der Waals surface area contributed by atoms with Gasteiger partial charge in [-0.3, -0.25) is 17.8 Å². The van der Waals surface area contributed by atoms with Crippen molar-refractivity contribution in [3.05, 3.63) is 151 Å². The van der Waals surface area contributed by atoms with Crippen LogP contribution in [0.4, 0.5) is 0 Å². The predicted molar refractivity (Wildman–Crippen MR) is 193 cm³/mol. The van der Waals surface area contributed by atoms with Crippen molar-refractivity contribution in [2.75, 3.05) is 0 Å². The largest absolute Gasteiger partial charge is 0.319 e. The highest BCUT2D eigenvalue weighted by atomic mass is 31.2. The lowest BCUT2D eigenvalue weighted by Crippen LogP contribution is -2.23. The normalized spacial score (nSPS) is 13.4. The van der Waals surface area contributed by atoms with E-state index in [-0.39, 0.29) is 0 Å². The molecular formula is C40H28N5OP. The van der Waals surface area contributed by atoms with Crippen molar-refractivity contribution in [1.82, 2.24) is 23.2 Å². The molecule has 7 heteroatoms. The van der Waals surface area contributed by atoms with Crippen LogP contribution in [0, 0.1) is 0 Å². The average molecular weight is 626 g/mol. The molecule has 9 aromatic rings. The first-order valence-electron chi connectivity index (χ1n) is 15.9. The highest BCUT2D eigenvalue weighted by Gasteiger charge is 2.38. The summed E-state index contributed by atoms with van der Waals surface area (Å²) in [7, 11) is -3.83. The Balaban J connectivity index is 1.37. The van der Waals surface area contributed by atoms with Crippen LogP contribution in [-0.4, -0.2) is 23.2 Å². The molecule has 0 atom stereocenters. The summed E-state index contributed by atoms with van der Waals surface area (Å²) in [5.74, 6) is 0.525. The molecule has 0 amide bonds. The first-order valence-corrected chi connectivity index (χ1v) is 17.6. The number of rotatable bonds is 4. The van der Waals surface area contributed by atoms with Gasteiger partial charge in [0.15, 0.2) is 0 Å². The molecule has 0 aliphatic heterocycles. The molecule has 4 heterocycles. The van der Waals surface area contributed by atoms with Crippen molar-refractivity contribution in [2.24, 2.45) is 0 Å². The highest BCUT2D eigenvalue weighted by molar-refractivity contribution is 7.69. The summed E-state index contributed by atoms with van der Waals surface area (Å²) in [6.07, 6.45) is 8.04. The van der Waals surface area contributed by atoms with Gasteiger partial charge in [-0.1, -0.05) is 103 Å². The summed E-state index contributed by atoms with van der Waals surface area (Å²) in [6.45, 7) is 0. The van der Waals surface area contributed by atoms with Gasteiger partial charge in [-0.05, 0) is 49.2 Å². The molecule has 0 bridgehead atoms. The van der Waals surface area contributed by atoms with E-state index in [4.69, 9.17) is 9.97 Å². The van der Waals surface area contributed by atoms with Crippen molar-refractivity contribution in [3.63, 3.8) is 0 Å². The molecular weight excluding hydrogens is 597 g/mol. The third-order valence-corrected chi connectivity index (χ3v) is 12.4. The van der Waals surface area contributed by atoms with Gasteiger partial charge in [0, 0.05) is 44.4 Å². The van der Waals surface area contributed by atoms with Crippen LogP contribution in [0.3, 0.4) is 0 Å². The summed E-state index contributed by atoms with van der Waals surface area (Å²) in [5, 5.41) is 5.37. The van der Waals surface area contributed by atoms with Gasteiger partial charge in [-0.2, -0.15) is 0 Å². The molecule has 224 valence electrons. The molecule has 1 aliphatic carbocycles. The zero-order valence-electron chi connectivity index (χ0n) is 25.4. The van der Waals surface area contributed by atoms with Gasteiger partial charge in [0.05, 0.1) is 27.6 Å². The van der Waals surface area contributed by atoms with E-state index in [1.54, 1.807) is 6.20 Å². The molecule has 0 saturated carbocycles. The number of hydrogen-bond donors (Lipinski definition) is 0. The molecule has 6 nitrogen and oxygen atoms in total. The van der Waals surface area contributed by atoms with E-state index in [2.05, 4.69) is 98.2 Å². The summed E-state index contributed by atoms with van der Waals surface area (Å²) in [6, 6.07) is 43.2. The summed E-state index contributed by atoms with van der Waals surface area (Å²) in [4.78, 5) is 10.2. The third-order valence-electron chi connectivity index (χ3n) is 9.63. The van der Waals surface area contributed by atoms with Crippen molar-refractivity contribution in [3.8, 4) is 5.95 Å². The van der Waals surface area contributed by atoms with Gasteiger partial charge in [0.1, 0.15) is 5.44 Å². The Kier molecular flexibility index (Phi) is 5.58. The average Bonchev–Trinajstić information content (AvgIpc) is 3.78. The molecule has 1 aliphatic rings. The lowest BCUT2D eigenvalue weighted by atomic mass is 10.0. The van der Waals surface area contributed by atoms with E-state index >= 15 is 4.57 Å². The minimum absolute atomic E-state index is 0.471.